The van der Waals surface area contributed by atoms with Crippen LogP contribution in [-0.4, -0.2) is 30.7 Å². The van der Waals surface area contributed by atoms with Crippen molar-refractivity contribution in [3.8, 4) is 11.5 Å². The van der Waals surface area contributed by atoms with Crippen LogP contribution in [0.3, 0.4) is 0 Å². The van der Waals surface area contributed by atoms with Gasteiger partial charge in [0.05, 0.1) is 12.2 Å². The van der Waals surface area contributed by atoms with Crippen LogP contribution in [0.4, 0.5) is 0 Å². The first-order chi connectivity index (χ1) is 10.9. The van der Waals surface area contributed by atoms with Crippen LogP contribution in [-0.2, 0) is 0 Å². The summed E-state index contributed by atoms with van der Waals surface area (Å²) in [7, 11) is 0. The summed E-state index contributed by atoms with van der Waals surface area (Å²) in [5, 5.41) is 3.27. The lowest BCUT2D eigenvalue weighted by Gasteiger charge is -2.09. The first kappa shape index (κ1) is 12.9. The molecule has 1 aromatic heterocycles. The molecule has 0 spiro atoms. The van der Waals surface area contributed by atoms with E-state index in [0.717, 1.165) is 47.3 Å². The number of amidine groups is 1. The molecule has 0 atom stereocenters. The average molecular weight is 293 g/mol. The molecule has 110 valence electrons. The molecular weight excluding hydrogens is 278 g/mol. The monoisotopic (exact) mass is 293 g/mol. The van der Waals surface area contributed by atoms with Crippen LogP contribution in [0, 0.1) is 0 Å². The Bertz CT molecular complexity index is 754. The molecule has 0 aliphatic carbocycles. The molecule has 22 heavy (non-hydrogen) atoms. The third-order valence-electron chi connectivity index (χ3n) is 3.61. The van der Waals surface area contributed by atoms with Gasteiger partial charge in [0.15, 0.2) is 11.5 Å². The molecule has 2 aliphatic heterocycles. The minimum absolute atomic E-state index is 0.273. The van der Waals surface area contributed by atoms with Gasteiger partial charge in [0.25, 0.3) is 0 Å². The zero-order valence-electron chi connectivity index (χ0n) is 12.0. The number of hydrogen-bond acceptors (Lipinski definition) is 5. The largest absolute Gasteiger partial charge is 0.454 e. The van der Waals surface area contributed by atoms with Crippen molar-refractivity contribution in [2.24, 2.45) is 4.99 Å². The maximum absolute atomic E-state index is 5.48. The van der Waals surface area contributed by atoms with Crippen molar-refractivity contribution in [1.82, 2.24) is 10.3 Å². The SMILES string of the molecule is C(/C1=NCCN1)=C(\c1ccc2c(c1)OCO2)c1ccccn1. The molecule has 3 heterocycles. The Morgan fingerprint density at radius 1 is 1.14 bits per heavy atom. The van der Waals surface area contributed by atoms with Crippen LogP contribution < -0.4 is 14.8 Å². The van der Waals surface area contributed by atoms with Gasteiger partial charge in [0, 0.05) is 18.3 Å². The number of benzene rings is 1. The molecule has 0 fully saturated rings. The van der Waals surface area contributed by atoms with E-state index in [0.29, 0.717) is 0 Å². The summed E-state index contributed by atoms with van der Waals surface area (Å²) < 4.78 is 10.9. The maximum Gasteiger partial charge on any atom is 0.231 e. The smallest absolute Gasteiger partial charge is 0.231 e. The molecule has 0 amide bonds. The molecule has 2 aromatic rings. The number of nitrogens with zero attached hydrogens (tertiary/aromatic N) is 2. The van der Waals surface area contributed by atoms with Crippen molar-refractivity contribution in [1.29, 1.82) is 0 Å². The fourth-order valence-electron chi connectivity index (χ4n) is 2.54. The second kappa shape index (κ2) is 5.52. The Labute approximate surface area is 128 Å². The van der Waals surface area contributed by atoms with Gasteiger partial charge in [-0.2, -0.15) is 0 Å². The zero-order chi connectivity index (χ0) is 14.8. The van der Waals surface area contributed by atoms with Gasteiger partial charge >= 0.3 is 0 Å². The average Bonchev–Trinajstić information content (AvgIpc) is 3.24. The molecule has 0 saturated carbocycles. The molecule has 5 nitrogen and oxygen atoms in total. The van der Waals surface area contributed by atoms with Crippen molar-refractivity contribution < 1.29 is 9.47 Å². The molecule has 4 rings (SSSR count). The number of nitrogens with one attached hydrogen (secondary N) is 1. The molecule has 0 unspecified atom stereocenters. The Morgan fingerprint density at radius 3 is 2.91 bits per heavy atom. The number of fused-ring (bicyclic) bond motifs is 1. The summed E-state index contributed by atoms with van der Waals surface area (Å²) in [5.74, 6) is 2.43. The summed E-state index contributed by atoms with van der Waals surface area (Å²) in [6, 6.07) is 11.8. The van der Waals surface area contributed by atoms with Crippen molar-refractivity contribution >= 4 is 11.4 Å². The lowest BCUT2D eigenvalue weighted by atomic mass is 10.0. The van der Waals surface area contributed by atoms with Crippen LogP contribution in [0.2, 0.25) is 0 Å². The number of ether oxygens (including phenoxy) is 2. The van der Waals surface area contributed by atoms with Gasteiger partial charge in [-0.25, -0.2) is 0 Å². The van der Waals surface area contributed by atoms with Crippen LogP contribution >= 0.6 is 0 Å². The minimum Gasteiger partial charge on any atom is -0.454 e. The molecule has 1 N–H and O–H groups in total. The number of rotatable bonds is 3. The molecule has 0 radical (unpaired) electrons. The minimum atomic E-state index is 0.273. The quantitative estimate of drug-likeness (QED) is 0.943. The van der Waals surface area contributed by atoms with Crippen molar-refractivity contribution in [2.75, 3.05) is 19.9 Å². The highest BCUT2D eigenvalue weighted by atomic mass is 16.7. The molecule has 1 aromatic carbocycles. The van der Waals surface area contributed by atoms with E-state index < -0.39 is 0 Å². The highest BCUT2D eigenvalue weighted by Crippen LogP contribution is 2.35. The van der Waals surface area contributed by atoms with E-state index in [1.807, 2.05) is 42.5 Å². The fraction of sp³-hybridized carbons (Fsp3) is 0.176. The summed E-state index contributed by atoms with van der Waals surface area (Å²) >= 11 is 0. The topological polar surface area (TPSA) is 55.7 Å². The Kier molecular flexibility index (Phi) is 3.23. The zero-order valence-corrected chi connectivity index (χ0v) is 12.0. The van der Waals surface area contributed by atoms with E-state index in [9.17, 15) is 0 Å². The third kappa shape index (κ3) is 2.41. The van der Waals surface area contributed by atoms with Crippen molar-refractivity contribution in [3.05, 3.63) is 59.9 Å². The lowest BCUT2D eigenvalue weighted by Crippen LogP contribution is -2.16. The molecule has 2 aliphatic rings. The van der Waals surface area contributed by atoms with E-state index in [1.54, 1.807) is 6.20 Å². The molecular formula is C17H15N3O2. The van der Waals surface area contributed by atoms with E-state index in [2.05, 4.69) is 15.3 Å². The summed E-state index contributed by atoms with van der Waals surface area (Å²) in [6.07, 6.45) is 3.83. The van der Waals surface area contributed by atoms with Gasteiger partial charge in [0.2, 0.25) is 6.79 Å². The van der Waals surface area contributed by atoms with E-state index in [-0.39, 0.29) is 6.79 Å². The number of hydrogen-bond donors (Lipinski definition) is 1. The van der Waals surface area contributed by atoms with Crippen molar-refractivity contribution in [3.63, 3.8) is 0 Å². The van der Waals surface area contributed by atoms with E-state index >= 15 is 0 Å². The standard InChI is InChI=1S/C17H15N3O2/c1-2-6-18-14(3-1)13(10-17-19-7-8-20-17)12-4-5-15-16(9-12)22-11-21-15/h1-6,9-10H,7-8,11H2,(H,19,20)/b13-10-. The second-order valence-corrected chi connectivity index (χ2v) is 5.03. The molecule has 0 saturated heterocycles. The number of pyridine rings is 1. The fourth-order valence-corrected chi connectivity index (χ4v) is 2.54. The summed E-state index contributed by atoms with van der Waals surface area (Å²) in [5.41, 5.74) is 2.93. The molecule has 0 bridgehead atoms. The Balaban J connectivity index is 1.80. The van der Waals surface area contributed by atoms with Gasteiger partial charge in [-0.05, 0) is 35.9 Å². The van der Waals surface area contributed by atoms with Gasteiger partial charge < -0.3 is 14.8 Å². The maximum atomic E-state index is 5.48. The van der Waals surface area contributed by atoms with E-state index in [1.165, 1.54) is 0 Å². The van der Waals surface area contributed by atoms with Gasteiger partial charge in [-0.15, -0.1) is 0 Å². The van der Waals surface area contributed by atoms with Crippen LogP contribution in [0.15, 0.2) is 53.7 Å². The second-order valence-electron chi connectivity index (χ2n) is 5.03. The first-order valence-corrected chi connectivity index (χ1v) is 7.21. The normalized spacial score (nSPS) is 16.4. The third-order valence-corrected chi connectivity index (χ3v) is 3.61. The van der Waals surface area contributed by atoms with E-state index in [4.69, 9.17) is 9.47 Å². The number of aliphatic imine (C=N–C) groups is 1. The predicted octanol–water partition coefficient (Wildman–Crippen LogP) is 2.24. The highest BCUT2D eigenvalue weighted by molar-refractivity contribution is 6.02. The van der Waals surface area contributed by atoms with Gasteiger partial charge in [-0.1, -0.05) is 12.1 Å². The van der Waals surface area contributed by atoms with Crippen molar-refractivity contribution in [2.45, 2.75) is 0 Å². The summed E-state index contributed by atoms with van der Waals surface area (Å²) in [6.45, 7) is 1.96. The summed E-state index contributed by atoms with van der Waals surface area (Å²) in [4.78, 5) is 8.91. The molecule has 5 heteroatoms. The number of aromatic nitrogens is 1. The Morgan fingerprint density at radius 2 is 2.09 bits per heavy atom. The highest BCUT2D eigenvalue weighted by Gasteiger charge is 2.16. The Hall–Kier alpha value is -2.82. The van der Waals surface area contributed by atoms with Gasteiger partial charge in [0.1, 0.15) is 5.84 Å². The van der Waals surface area contributed by atoms with Crippen LogP contribution in [0.25, 0.3) is 5.57 Å². The lowest BCUT2D eigenvalue weighted by molar-refractivity contribution is 0.174. The predicted molar refractivity (Wildman–Crippen MR) is 84.2 cm³/mol. The van der Waals surface area contributed by atoms with Crippen LogP contribution in [0.5, 0.6) is 11.5 Å². The first-order valence-electron chi connectivity index (χ1n) is 7.21. The van der Waals surface area contributed by atoms with Crippen LogP contribution in [0.1, 0.15) is 11.3 Å². The van der Waals surface area contributed by atoms with Gasteiger partial charge in [-0.3, -0.25) is 9.98 Å².